The lowest BCUT2D eigenvalue weighted by molar-refractivity contribution is 0.0634. The van der Waals surface area contributed by atoms with Crippen LogP contribution in [0.5, 0.6) is 11.6 Å². The van der Waals surface area contributed by atoms with Crippen molar-refractivity contribution >= 4 is 35.1 Å². The van der Waals surface area contributed by atoms with Crippen molar-refractivity contribution in [3.63, 3.8) is 0 Å². The lowest BCUT2D eigenvalue weighted by Crippen LogP contribution is -2.36. The van der Waals surface area contributed by atoms with E-state index in [9.17, 15) is 19.2 Å². The lowest BCUT2D eigenvalue weighted by Gasteiger charge is -2.19. The van der Waals surface area contributed by atoms with Gasteiger partial charge in [-0.15, -0.1) is 10.2 Å². The van der Waals surface area contributed by atoms with Crippen LogP contribution in [-0.2, 0) is 4.74 Å². The van der Waals surface area contributed by atoms with Gasteiger partial charge in [0.2, 0.25) is 11.7 Å². The molecule has 0 saturated heterocycles. The number of ether oxygens (including phenoxy) is 2. The molecule has 1 amide bonds. The topological polar surface area (TPSA) is 161 Å². The monoisotopic (exact) mass is 531 g/mol. The summed E-state index contributed by atoms with van der Waals surface area (Å²) < 4.78 is 65.1. The summed E-state index contributed by atoms with van der Waals surface area (Å²) >= 11 is 12.6. The van der Waals surface area contributed by atoms with Crippen molar-refractivity contribution < 1.29 is 23.9 Å². The van der Waals surface area contributed by atoms with E-state index in [1.54, 1.807) is 20.8 Å². The summed E-state index contributed by atoms with van der Waals surface area (Å²) in [4.78, 5) is 51.1. The number of carbonyl (C=O) groups excluding carboxylic acids is 1. The van der Waals surface area contributed by atoms with E-state index in [0.29, 0.717) is 10.7 Å². The number of aromatic amines is 2. The molecule has 2 heterocycles. The van der Waals surface area contributed by atoms with E-state index in [-0.39, 0.29) is 21.5 Å². The van der Waals surface area contributed by atoms with Crippen molar-refractivity contribution in [1.82, 2.24) is 25.0 Å². The highest BCUT2D eigenvalue weighted by atomic mass is 35.5. The highest BCUT2D eigenvalue weighted by Crippen LogP contribution is 2.37. The number of anilines is 1. The number of H-pyrrole nitrogens is 2. The normalized spacial score (nSPS) is 15.4. The van der Waals surface area contributed by atoms with Crippen molar-refractivity contribution in [3.8, 4) is 17.3 Å². The molecule has 1 aromatic carbocycles. The largest absolute Gasteiger partial charge is 0.444 e. The van der Waals surface area contributed by atoms with E-state index in [0.717, 1.165) is 12.1 Å². The van der Waals surface area contributed by atoms with Crippen molar-refractivity contribution in [2.24, 2.45) is 0 Å². The Labute approximate surface area is 218 Å². The Kier molecular flexibility index (Phi) is 5.03. The molecule has 0 spiro atoms. The van der Waals surface area contributed by atoms with E-state index >= 15 is 0 Å². The number of benzene rings is 1. The smallest absolute Gasteiger partial charge is 0.413 e. The first-order valence-corrected chi connectivity index (χ1v) is 10.3. The molecule has 0 aliphatic carbocycles. The van der Waals surface area contributed by atoms with Crippen LogP contribution in [0.4, 0.5) is 10.6 Å². The zero-order valence-corrected chi connectivity index (χ0v) is 19.8. The second-order valence-corrected chi connectivity index (χ2v) is 8.63. The number of aromatic nitrogens is 5. The number of hydrogen-bond donors (Lipinski definition) is 3. The minimum absolute atomic E-state index is 0.115. The number of nitrogens with zero attached hydrogens (tertiary/aromatic N) is 3. The summed E-state index contributed by atoms with van der Waals surface area (Å²) in [5.74, 6) is -4.86. The lowest BCUT2D eigenvalue weighted by atomic mass is 10.1. The number of hydrogen-bond acceptors (Lipinski definition) is 8. The van der Waals surface area contributed by atoms with Gasteiger partial charge in [0.25, 0.3) is 11.1 Å². The Balaban J connectivity index is 2.04. The average molecular weight is 532 g/mol. The molecule has 186 valence electrons. The standard InChI is InChI=1S/C21H22Cl2N6O6/c1-9(2)11-8-14(26-27-17(11)30)34-15-12(22)6-10(7-13(15)23)29-19(32)25-18(31)16(28-29)24-20(33)35-21(3,4)5/h6-9H,1-5H3,(H,27,30)(H,24,28,33)(H,25,31,32)/i1D3,2D3,9D. The molecule has 12 nitrogen and oxygen atoms in total. The third-order valence-electron chi connectivity index (χ3n) is 3.93. The molecule has 3 rings (SSSR count). The number of rotatable bonds is 5. The van der Waals surface area contributed by atoms with E-state index in [2.05, 4.69) is 15.5 Å². The molecule has 0 atom stereocenters. The minimum Gasteiger partial charge on any atom is -0.444 e. The molecule has 3 N–H and O–H groups in total. The quantitative estimate of drug-likeness (QED) is 0.449. The van der Waals surface area contributed by atoms with Crippen LogP contribution >= 0.6 is 23.2 Å². The molecule has 0 fully saturated rings. The van der Waals surface area contributed by atoms with Gasteiger partial charge in [-0.2, -0.15) is 4.68 Å². The summed E-state index contributed by atoms with van der Waals surface area (Å²) in [7, 11) is 0. The maximum atomic E-state index is 12.5. The van der Waals surface area contributed by atoms with Gasteiger partial charge in [-0.3, -0.25) is 19.9 Å². The fourth-order valence-electron chi connectivity index (χ4n) is 2.55. The van der Waals surface area contributed by atoms with Crippen molar-refractivity contribution in [3.05, 3.63) is 65.0 Å². The molecule has 14 heteroatoms. The molecule has 2 aromatic heterocycles. The number of nitrogens with one attached hydrogen (secondary N) is 3. The van der Waals surface area contributed by atoms with Gasteiger partial charge in [-0.25, -0.2) is 14.7 Å². The van der Waals surface area contributed by atoms with E-state index < -0.39 is 65.4 Å². The highest BCUT2D eigenvalue weighted by Gasteiger charge is 2.20. The van der Waals surface area contributed by atoms with E-state index in [1.165, 1.54) is 0 Å². The predicted molar refractivity (Wildman–Crippen MR) is 129 cm³/mol. The first kappa shape index (κ1) is 17.7. The Morgan fingerprint density at radius 3 is 2.43 bits per heavy atom. The third-order valence-corrected chi connectivity index (χ3v) is 4.49. The SMILES string of the molecule is [2H]C([2H])([2H])C([2H])(c1cc(Oc2c(Cl)cc(-n3nc(NC(=O)OC(C)(C)C)c(=O)[nH]c3=O)cc2Cl)n[nH]c1=O)C([2H])([2H])[2H]. The summed E-state index contributed by atoms with van der Waals surface area (Å²) in [5.41, 5.74) is -5.31. The van der Waals surface area contributed by atoms with Gasteiger partial charge in [0.05, 0.1) is 15.7 Å². The average Bonchev–Trinajstić information content (AvgIpc) is 2.81. The van der Waals surface area contributed by atoms with Gasteiger partial charge in [-0.05, 0) is 38.8 Å². The van der Waals surface area contributed by atoms with Crippen LogP contribution in [0.25, 0.3) is 5.69 Å². The van der Waals surface area contributed by atoms with Crippen LogP contribution < -0.4 is 26.9 Å². The Bertz CT molecular complexity index is 1680. The van der Waals surface area contributed by atoms with Crippen molar-refractivity contribution in [2.75, 3.05) is 5.32 Å². The van der Waals surface area contributed by atoms with Gasteiger partial charge in [0.1, 0.15) is 5.60 Å². The van der Waals surface area contributed by atoms with Gasteiger partial charge < -0.3 is 9.47 Å². The molecule has 0 saturated carbocycles. The highest BCUT2D eigenvalue weighted by molar-refractivity contribution is 6.37. The second-order valence-electron chi connectivity index (χ2n) is 7.81. The Morgan fingerprint density at radius 1 is 1.17 bits per heavy atom. The van der Waals surface area contributed by atoms with Crippen LogP contribution in [0.1, 0.15) is 55.5 Å². The number of amides is 1. The molecule has 0 bridgehead atoms. The Morgan fingerprint density at radius 2 is 1.83 bits per heavy atom. The van der Waals surface area contributed by atoms with Gasteiger partial charge in [0, 0.05) is 21.2 Å². The molecule has 3 aromatic rings. The number of halogens is 2. The molecule has 0 aliphatic rings. The first-order valence-electron chi connectivity index (χ1n) is 13.1. The molecule has 35 heavy (non-hydrogen) atoms. The van der Waals surface area contributed by atoms with Crippen LogP contribution in [0, 0.1) is 0 Å². The maximum absolute atomic E-state index is 12.5. The molecular weight excluding hydrogens is 503 g/mol. The summed E-state index contributed by atoms with van der Waals surface area (Å²) in [6.07, 6.45) is -1.02. The summed E-state index contributed by atoms with van der Waals surface area (Å²) in [5, 5.41) is 10.8. The predicted octanol–water partition coefficient (Wildman–Crippen LogP) is 3.57. The van der Waals surface area contributed by atoms with E-state index in [4.69, 9.17) is 42.3 Å². The summed E-state index contributed by atoms with van der Waals surface area (Å²) in [6.45, 7) is -2.16. The van der Waals surface area contributed by atoms with Crippen LogP contribution in [0.15, 0.2) is 32.6 Å². The molecule has 0 radical (unpaired) electrons. The molecular formula is C21H22Cl2N6O6. The van der Waals surface area contributed by atoms with Gasteiger partial charge in [0.15, 0.2) is 5.75 Å². The summed E-state index contributed by atoms with van der Waals surface area (Å²) in [6, 6.07) is 2.88. The first-order chi connectivity index (χ1) is 19.0. The molecule has 0 aliphatic heterocycles. The maximum Gasteiger partial charge on any atom is 0.413 e. The molecule has 0 unspecified atom stereocenters. The number of carbonyl (C=O) groups is 1. The van der Waals surface area contributed by atoms with Gasteiger partial charge >= 0.3 is 11.8 Å². The van der Waals surface area contributed by atoms with Crippen LogP contribution in [-0.4, -0.2) is 36.7 Å². The second kappa shape index (κ2) is 9.92. The van der Waals surface area contributed by atoms with Crippen LogP contribution in [0.3, 0.4) is 0 Å². The van der Waals surface area contributed by atoms with Gasteiger partial charge in [-0.1, -0.05) is 36.9 Å². The Hall–Kier alpha value is -3.64. The van der Waals surface area contributed by atoms with Crippen molar-refractivity contribution in [2.45, 2.75) is 46.0 Å². The third kappa shape index (κ3) is 6.28. The fourth-order valence-corrected chi connectivity index (χ4v) is 3.11. The van der Waals surface area contributed by atoms with Crippen molar-refractivity contribution in [1.29, 1.82) is 0 Å². The minimum atomic E-state index is -3.46. The van der Waals surface area contributed by atoms with E-state index in [1.807, 2.05) is 10.1 Å². The van der Waals surface area contributed by atoms with Crippen LogP contribution in [0.2, 0.25) is 10.0 Å². The fraction of sp³-hybridized carbons (Fsp3) is 0.333. The zero-order valence-electron chi connectivity index (χ0n) is 25.3. The zero-order chi connectivity index (χ0) is 32.0.